The molecule has 2 rings (SSSR count). The number of benzene rings is 1. The highest BCUT2D eigenvalue weighted by Crippen LogP contribution is 2.36. The molecule has 0 amide bonds. The van der Waals surface area contributed by atoms with Crippen molar-refractivity contribution >= 4 is 11.4 Å². The van der Waals surface area contributed by atoms with Crippen molar-refractivity contribution in [1.29, 1.82) is 0 Å². The Morgan fingerprint density at radius 2 is 2.15 bits per heavy atom. The number of rotatable bonds is 4. The van der Waals surface area contributed by atoms with Gasteiger partial charge in [-0.15, -0.1) is 0 Å². The van der Waals surface area contributed by atoms with Crippen LogP contribution in [0.15, 0.2) is 18.2 Å². The number of nitrogen functional groups attached to an aromatic ring is 1. The molecule has 1 heterocycles. The zero-order chi connectivity index (χ0) is 14.8. The van der Waals surface area contributed by atoms with Gasteiger partial charge in [-0.3, -0.25) is 0 Å². The predicted molar refractivity (Wildman–Crippen MR) is 72.5 cm³/mol. The highest BCUT2D eigenvalue weighted by atomic mass is 19.4. The molecule has 0 spiro atoms. The minimum absolute atomic E-state index is 0.0773. The molecule has 0 bridgehead atoms. The maximum Gasteiger partial charge on any atom is 0.418 e. The van der Waals surface area contributed by atoms with Gasteiger partial charge in [0.15, 0.2) is 0 Å². The summed E-state index contributed by atoms with van der Waals surface area (Å²) in [6.45, 7) is 3.18. The molecule has 0 saturated carbocycles. The van der Waals surface area contributed by atoms with E-state index >= 15 is 0 Å². The fraction of sp³-hybridized carbons (Fsp3) is 0.571. The number of anilines is 2. The van der Waals surface area contributed by atoms with E-state index in [-0.39, 0.29) is 23.4 Å². The Bertz CT molecular complexity index is 462. The third-order valence-corrected chi connectivity index (χ3v) is 3.65. The molecule has 1 aromatic carbocycles. The molecule has 6 heteroatoms. The van der Waals surface area contributed by atoms with Crippen LogP contribution in [0.4, 0.5) is 24.5 Å². The summed E-state index contributed by atoms with van der Waals surface area (Å²) in [4.78, 5) is 0. The average molecular weight is 288 g/mol. The number of alkyl halides is 3. The second-order valence-corrected chi connectivity index (χ2v) is 5.05. The Balaban J connectivity index is 2.09. The average Bonchev–Trinajstić information content (AvgIpc) is 2.83. The van der Waals surface area contributed by atoms with Crippen LogP contribution in [-0.2, 0) is 10.9 Å². The molecule has 3 nitrogen and oxygen atoms in total. The molecule has 20 heavy (non-hydrogen) atoms. The Labute approximate surface area is 116 Å². The summed E-state index contributed by atoms with van der Waals surface area (Å²) >= 11 is 0. The van der Waals surface area contributed by atoms with Gasteiger partial charge in [0, 0.05) is 30.4 Å². The fourth-order valence-electron chi connectivity index (χ4n) is 2.57. The molecule has 0 radical (unpaired) electrons. The minimum Gasteiger partial charge on any atom is -0.399 e. The molecule has 1 aliphatic heterocycles. The molecule has 3 N–H and O–H groups in total. The van der Waals surface area contributed by atoms with Gasteiger partial charge < -0.3 is 15.8 Å². The Kier molecular flexibility index (Phi) is 4.42. The van der Waals surface area contributed by atoms with E-state index in [1.807, 2.05) is 6.92 Å². The van der Waals surface area contributed by atoms with Crippen LogP contribution in [0, 0.1) is 5.92 Å². The third kappa shape index (κ3) is 3.36. The first kappa shape index (κ1) is 15.0. The van der Waals surface area contributed by atoms with E-state index in [1.165, 1.54) is 12.1 Å². The predicted octanol–water partition coefficient (Wildman–Crippen LogP) is 3.51. The van der Waals surface area contributed by atoms with Crippen LogP contribution in [0.5, 0.6) is 0 Å². The van der Waals surface area contributed by atoms with Crippen molar-refractivity contribution in [2.24, 2.45) is 5.92 Å². The number of hydrogen-bond acceptors (Lipinski definition) is 3. The number of ether oxygens (including phenoxy) is 1. The number of nitrogens with two attached hydrogens (primary N) is 1. The van der Waals surface area contributed by atoms with Gasteiger partial charge >= 0.3 is 6.18 Å². The molecule has 0 aliphatic carbocycles. The molecular formula is C14H19F3N2O. The summed E-state index contributed by atoms with van der Waals surface area (Å²) in [6.07, 6.45) is -2.53. The van der Waals surface area contributed by atoms with E-state index < -0.39 is 11.7 Å². The maximum atomic E-state index is 13.0. The topological polar surface area (TPSA) is 47.3 Å². The largest absolute Gasteiger partial charge is 0.418 e. The number of halogens is 3. The monoisotopic (exact) mass is 288 g/mol. The molecule has 0 aromatic heterocycles. The second-order valence-electron chi connectivity index (χ2n) is 5.05. The summed E-state index contributed by atoms with van der Waals surface area (Å²) < 4.78 is 44.4. The lowest BCUT2D eigenvalue weighted by Crippen LogP contribution is -2.24. The number of nitrogens with one attached hydrogen (secondary N) is 1. The summed E-state index contributed by atoms with van der Waals surface area (Å²) in [5, 5.41) is 2.90. The molecule has 1 saturated heterocycles. The van der Waals surface area contributed by atoms with E-state index in [9.17, 15) is 13.2 Å². The SMILES string of the molecule is CCC1OCCC1CNc1ccc(N)cc1C(F)(F)F. The van der Waals surface area contributed by atoms with Gasteiger partial charge in [0.25, 0.3) is 0 Å². The van der Waals surface area contributed by atoms with E-state index in [2.05, 4.69) is 5.32 Å². The highest BCUT2D eigenvalue weighted by molar-refractivity contribution is 5.59. The van der Waals surface area contributed by atoms with Crippen LogP contribution < -0.4 is 11.1 Å². The van der Waals surface area contributed by atoms with Crippen LogP contribution in [0.2, 0.25) is 0 Å². The highest BCUT2D eigenvalue weighted by Gasteiger charge is 2.34. The summed E-state index contributed by atoms with van der Waals surface area (Å²) in [5.74, 6) is 0.249. The lowest BCUT2D eigenvalue weighted by molar-refractivity contribution is -0.136. The van der Waals surface area contributed by atoms with Crippen molar-refractivity contribution in [3.05, 3.63) is 23.8 Å². The van der Waals surface area contributed by atoms with Crippen molar-refractivity contribution in [3.63, 3.8) is 0 Å². The minimum atomic E-state index is -4.41. The van der Waals surface area contributed by atoms with Gasteiger partial charge in [0.05, 0.1) is 11.7 Å². The lowest BCUT2D eigenvalue weighted by atomic mass is 9.99. The summed E-state index contributed by atoms with van der Waals surface area (Å²) in [7, 11) is 0. The van der Waals surface area contributed by atoms with Crippen molar-refractivity contribution in [2.45, 2.75) is 32.0 Å². The van der Waals surface area contributed by atoms with Crippen molar-refractivity contribution < 1.29 is 17.9 Å². The van der Waals surface area contributed by atoms with Gasteiger partial charge in [-0.2, -0.15) is 13.2 Å². The summed E-state index contributed by atoms with van der Waals surface area (Å²) in [6, 6.07) is 3.82. The van der Waals surface area contributed by atoms with Gasteiger partial charge in [-0.1, -0.05) is 6.92 Å². The molecule has 1 fully saturated rings. The van der Waals surface area contributed by atoms with Gasteiger partial charge in [0.1, 0.15) is 0 Å². The zero-order valence-corrected chi connectivity index (χ0v) is 11.3. The first-order chi connectivity index (χ1) is 9.41. The van der Waals surface area contributed by atoms with E-state index in [1.54, 1.807) is 0 Å². The lowest BCUT2D eigenvalue weighted by Gasteiger charge is -2.20. The van der Waals surface area contributed by atoms with E-state index in [0.29, 0.717) is 13.2 Å². The van der Waals surface area contributed by atoms with Gasteiger partial charge in [0.2, 0.25) is 0 Å². The molecule has 1 aliphatic rings. The fourth-order valence-corrected chi connectivity index (χ4v) is 2.57. The summed E-state index contributed by atoms with van der Waals surface area (Å²) in [5.41, 5.74) is 4.91. The Morgan fingerprint density at radius 1 is 1.40 bits per heavy atom. The van der Waals surface area contributed by atoms with Crippen LogP contribution in [0.1, 0.15) is 25.3 Å². The zero-order valence-electron chi connectivity index (χ0n) is 11.3. The number of hydrogen-bond donors (Lipinski definition) is 2. The Morgan fingerprint density at radius 3 is 2.80 bits per heavy atom. The first-order valence-electron chi connectivity index (χ1n) is 6.74. The smallest absolute Gasteiger partial charge is 0.399 e. The molecule has 2 atom stereocenters. The molecule has 2 unspecified atom stereocenters. The van der Waals surface area contributed by atoms with Crippen molar-refractivity contribution in [3.8, 4) is 0 Å². The van der Waals surface area contributed by atoms with E-state index in [0.717, 1.165) is 18.9 Å². The van der Waals surface area contributed by atoms with Crippen molar-refractivity contribution in [1.82, 2.24) is 0 Å². The molecule has 1 aromatic rings. The maximum absolute atomic E-state index is 13.0. The van der Waals surface area contributed by atoms with Crippen LogP contribution in [0.3, 0.4) is 0 Å². The van der Waals surface area contributed by atoms with Gasteiger partial charge in [-0.25, -0.2) is 0 Å². The quantitative estimate of drug-likeness (QED) is 0.833. The van der Waals surface area contributed by atoms with Crippen LogP contribution >= 0.6 is 0 Å². The standard InChI is InChI=1S/C14H19F3N2O/c1-2-13-9(5-6-20-13)8-19-12-4-3-10(18)7-11(12)14(15,16)17/h3-4,7,9,13,19H,2,5-6,8,18H2,1H3. The van der Waals surface area contributed by atoms with E-state index in [4.69, 9.17) is 10.5 Å². The van der Waals surface area contributed by atoms with Crippen LogP contribution in [0.25, 0.3) is 0 Å². The van der Waals surface area contributed by atoms with Gasteiger partial charge in [-0.05, 0) is 31.0 Å². The first-order valence-corrected chi connectivity index (χ1v) is 6.74. The third-order valence-electron chi connectivity index (χ3n) is 3.65. The molecular weight excluding hydrogens is 269 g/mol. The normalized spacial score (nSPS) is 23.0. The second kappa shape index (κ2) is 5.91. The van der Waals surface area contributed by atoms with Crippen LogP contribution in [-0.4, -0.2) is 19.3 Å². The molecule has 112 valence electrons. The van der Waals surface area contributed by atoms with Crippen molar-refractivity contribution in [2.75, 3.05) is 24.2 Å². The Hall–Kier alpha value is -1.43.